The monoisotopic (exact) mass is 389 g/mol. The van der Waals surface area contributed by atoms with Gasteiger partial charge in [0.2, 0.25) is 0 Å². The van der Waals surface area contributed by atoms with Gasteiger partial charge in [-0.1, -0.05) is 17.6 Å². The normalized spacial score (nSPS) is 25.0. The van der Waals surface area contributed by atoms with Crippen molar-refractivity contribution in [2.24, 2.45) is 10.7 Å². The molecule has 2 atom stereocenters. The zero-order valence-corrected chi connectivity index (χ0v) is 15.2. The molecule has 146 valence electrons. The Bertz CT molecular complexity index is 886. The minimum absolute atomic E-state index is 0.0264. The number of pyridine rings is 1. The summed E-state index contributed by atoms with van der Waals surface area (Å²) < 4.78 is 42.4. The number of halogens is 3. The summed E-state index contributed by atoms with van der Waals surface area (Å²) in [6.45, 7) is 1.57. The molecule has 1 aromatic heterocycles. The minimum atomic E-state index is -2.97. The molecule has 3 rings (SSSR count). The van der Waals surface area contributed by atoms with Crippen molar-refractivity contribution in [1.29, 1.82) is 0 Å². The lowest BCUT2D eigenvalue weighted by atomic mass is 9.82. The second-order valence-corrected chi connectivity index (χ2v) is 6.78. The number of allylic oxidation sites excluding steroid dienone is 2. The third kappa shape index (κ3) is 3.82. The molecule has 2 heterocycles. The second-order valence-electron chi connectivity index (χ2n) is 6.78. The number of carbonyl (C=O) groups excluding carboxylic acids is 1. The van der Waals surface area contributed by atoms with Crippen molar-refractivity contribution in [3.05, 3.63) is 46.9 Å². The highest BCUT2D eigenvalue weighted by Gasteiger charge is 2.48. The molecule has 2 unspecified atom stereocenters. The molecule has 2 radical (unpaired) electrons. The molecule has 2 aliphatic rings. The Kier molecular flexibility index (Phi) is 5.60. The first-order valence-electron chi connectivity index (χ1n) is 8.66. The van der Waals surface area contributed by atoms with Crippen LogP contribution in [-0.4, -0.2) is 55.8 Å². The van der Waals surface area contributed by atoms with Crippen molar-refractivity contribution in [3.8, 4) is 0 Å². The predicted octanol–water partition coefficient (Wildman–Crippen LogP) is 0.430. The maximum absolute atomic E-state index is 14.6. The lowest BCUT2D eigenvalue weighted by Gasteiger charge is -2.37. The van der Waals surface area contributed by atoms with E-state index >= 15 is 0 Å². The van der Waals surface area contributed by atoms with E-state index in [4.69, 9.17) is 13.6 Å². The molecular weight excluding hydrogens is 370 g/mol. The predicted molar refractivity (Wildman–Crippen MR) is 101 cm³/mol. The van der Waals surface area contributed by atoms with Crippen LogP contribution in [0, 0.1) is 6.92 Å². The lowest BCUT2D eigenvalue weighted by molar-refractivity contribution is 0.0639. The van der Waals surface area contributed by atoms with Crippen LogP contribution < -0.4 is 21.8 Å². The first-order valence-corrected chi connectivity index (χ1v) is 8.66. The van der Waals surface area contributed by atoms with E-state index in [1.54, 1.807) is 13.0 Å². The molecule has 4 N–H and O–H groups in total. The van der Waals surface area contributed by atoms with E-state index in [0.717, 1.165) is 0 Å². The summed E-state index contributed by atoms with van der Waals surface area (Å²) in [6.07, 6.45) is -0.829. The van der Waals surface area contributed by atoms with Gasteiger partial charge in [0.1, 0.15) is 25.5 Å². The van der Waals surface area contributed by atoms with Crippen molar-refractivity contribution < 1.29 is 18.0 Å². The molecule has 1 aliphatic heterocycles. The first kappa shape index (κ1) is 20.1. The number of rotatable bonds is 4. The number of aliphatic imine (C=N–C) groups is 1. The Morgan fingerprint density at radius 2 is 2.25 bits per heavy atom. The molecule has 0 spiro atoms. The van der Waals surface area contributed by atoms with Crippen LogP contribution in [0.4, 0.5) is 13.2 Å². The maximum atomic E-state index is 14.6. The van der Waals surface area contributed by atoms with E-state index < -0.39 is 24.0 Å². The Hall–Kier alpha value is -2.62. The van der Waals surface area contributed by atoms with Crippen molar-refractivity contribution in [2.45, 2.75) is 31.5 Å². The quantitative estimate of drug-likeness (QED) is 0.652. The number of aromatic nitrogens is 1. The van der Waals surface area contributed by atoms with Gasteiger partial charge in [-0.15, -0.1) is 0 Å². The van der Waals surface area contributed by atoms with Gasteiger partial charge in [-0.3, -0.25) is 14.8 Å². The van der Waals surface area contributed by atoms with E-state index in [-0.39, 0.29) is 42.3 Å². The number of amidine groups is 1. The van der Waals surface area contributed by atoms with Crippen molar-refractivity contribution in [2.75, 3.05) is 13.1 Å². The van der Waals surface area contributed by atoms with Crippen LogP contribution in [0.3, 0.4) is 0 Å². The molecule has 0 aromatic carbocycles. The molecule has 1 amide bonds. The Morgan fingerprint density at radius 3 is 2.89 bits per heavy atom. The number of hydrogen-bond acceptors (Lipinski definition) is 5. The third-order valence-electron chi connectivity index (χ3n) is 4.67. The number of hydrogen-bond donors (Lipinski definition) is 3. The fourth-order valence-electron chi connectivity index (χ4n) is 3.32. The number of amides is 1. The summed E-state index contributed by atoms with van der Waals surface area (Å²) in [5.74, 6) is -0.575. The molecule has 10 heteroatoms. The fourth-order valence-corrected chi connectivity index (χ4v) is 3.32. The van der Waals surface area contributed by atoms with E-state index in [1.165, 1.54) is 18.3 Å². The molecular formula is C18H19BF3N5O. The largest absolute Gasteiger partial charge is 0.386 e. The standard InChI is InChI=1S/C18H19BF3N5O/c1-9-4-10(19)6-25-15(9)16(28)26-11-2-3-13(20)12(5-11)18(17(21)22)8-24-7-14(23)27-18/h2,4-6,13,17,24H,3,7-8H2,1H3,(H2,23,27)(H,26,28). The zero-order chi connectivity index (χ0) is 20.5. The topological polar surface area (TPSA) is 92.4 Å². The summed E-state index contributed by atoms with van der Waals surface area (Å²) in [4.78, 5) is 20.4. The summed E-state index contributed by atoms with van der Waals surface area (Å²) in [6, 6.07) is 1.59. The third-order valence-corrected chi connectivity index (χ3v) is 4.67. The minimum Gasteiger partial charge on any atom is -0.386 e. The van der Waals surface area contributed by atoms with Gasteiger partial charge in [-0.05, 0) is 18.6 Å². The highest BCUT2D eigenvalue weighted by Crippen LogP contribution is 2.37. The van der Waals surface area contributed by atoms with E-state index in [2.05, 4.69) is 20.6 Å². The molecule has 0 fully saturated rings. The number of alkyl halides is 3. The Balaban J connectivity index is 1.91. The van der Waals surface area contributed by atoms with E-state index in [9.17, 15) is 18.0 Å². The van der Waals surface area contributed by atoms with Gasteiger partial charge in [0.25, 0.3) is 12.3 Å². The van der Waals surface area contributed by atoms with Gasteiger partial charge in [0, 0.05) is 30.4 Å². The van der Waals surface area contributed by atoms with Gasteiger partial charge in [-0.2, -0.15) is 0 Å². The molecule has 0 saturated heterocycles. The molecule has 1 aromatic rings. The first-order chi connectivity index (χ1) is 13.2. The second kappa shape index (κ2) is 7.79. The molecule has 28 heavy (non-hydrogen) atoms. The van der Waals surface area contributed by atoms with Crippen molar-refractivity contribution in [1.82, 2.24) is 15.6 Å². The zero-order valence-electron chi connectivity index (χ0n) is 15.2. The van der Waals surface area contributed by atoms with Crippen LogP contribution >= 0.6 is 0 Å². The van der Waals surface area contributed by atoms with Crippen LogP contribution in [0.25, 0.3) is 0 Å². The van der Waals surface area contributed by atoms with Gasteiger partial charge >= 0.3 is 0 Å². The van der Waals surface area contributed by atoms with Crippen LogP contribution in [0.1, 0.15) is 22.5 Å². The highest BCUT2D eigenvalue weighted by molar-refractivity contribution is 6.32. The number of nitrogens with one attached hydrogen (secondary N) is 2. The summed E-state index contributed by atoms with van der Waals surface area (Å²) in [5, 5.41) is 5.33. The van der Waals surface area contributed by atoms with E-state index in [1.807, 2.05) is 0 Å². The number of nitrogens with zero attached hydrogens (tertiary/aromatic N) is 2. The van der Waals surface area contributed by atoms with Crippen LogP contribution in [0.5, 0.6) is 0 Å². The van der Waals surface area contributed by atoms with Gasteiger partial charge in [0.05, 0.1) is 6.54 Å². The lowest BCUT2D eigenvalue weighted by Crippen LogP contribution is -2.55. The Morgan fingerprint density at radius 1 is 1.50 bits per heavy atom. The fraction of sp³-hybridized carbons (Fsp3) is 0.389. The molecule has 6 nitrogen and oxygen atoms in total. The average molecular weight is 389 g/mol. The smallest absolute Gasteiger partial charge is 0.274 e. The highest BCUT2D eigenvalue weighted by atomic mass is 19.3. The number of carbonyl (C=O) groups is 1. The van der Waals surface area contributed by atoms with Crippen LogP contribution in [-0.2, 0) is 0 Å². The summed E-state index contributed by atoms with van der Waals surface area (Å²) in [5.41, 5.74) is 4.59. The van der Waals surface area contributed by atoms with E-state index in [0.29, 0.717) is 11.0 Å². The molecule has 0 bridgehead atoms. The number of nitrogens with two attached hydrogens (primary N) is 1. The van der Waals surface area contributed by atoms with Crippen molar-refractivity contribution in [3.63, 3.8) is 0 Å². The summed E-state index contributed by atoms with van der Waals surface area (Å²) >= 11 is 0. The van der Waals surface area contributed by atoms with Crippen LogP contribution in [0.15, 0.2) is 40.7 Å². The number of aryl methyl sites for hydroxylation is 1. The van der Waals surface area contributed by atoms with Crippen molar-refractivity contribution >= 4 is 25.1 Å². The van der Waals surface area contributed by atoms with Gasteiger partial charge in [-0.25, -0.2) is 13.2 Å². The molecule has 1 aliphatic carbocycles. The maximum Gasteiger partial charge on any atom is 0.274 e. The van der Waals surface area contributed by atoms with Gasteiger partial charge < -0.3 is 16.4 Å². The average Bonchev–Trinajstić information content (AvgIpc) is 2.62. The SMILES string of the molecule is [B]c1cnc(C(=O)NC2=CCC(F)C(C3(C(F)F)CNCC(N)=N3)=C2)c(C)c1. The van der Waals surface area contributed by atoms with Crippen LogP contribution in [0.2, 0.25) is 0 Å². The summed E-state index contributed by atoms with van der Waals surface area (Å²) in [7, 11) is 5.63. The molecule has 0 saturated carbocycles. The van der Waals surface area contributed by atoms with Gasteiger partial charge in [0.15, 0.2) is 5.54 Å². The Labute approximate surface area is 161 Å².